The number of anilines is 1. The molecule has 1 spiro atoms. The maximum atomic E-state index is 12.3. The minimum absolute atomic E-state index is 0.249. The molecular formula is C13H12N2O3. The van der Waals surface area contributed by atoms with Crippen molar-refractivity contribution in [2.75, 3.05) is 11.9 Å². The van der Waals surface area contributed by atoms with Crippen LogP contribution in [0.5, 0.6) is 0 Å². The van der Waals surface area contributed by atoms with Gasteiger partial charge in [-0.2, -0.15) is 0 Å². The highest BCUT2D eigenvalue weighted by Crippen LogP contribution is 2.48. The van der Waals surface area contributed by atoms with Crippen molar-refractivity contribution >= 4 is 17.6 Å². The van der Waals surface area contributed by atoms with Gasteiger partial charge in [0, 0.05) is 12.1 Å². The molecule has 2 unspecified atom stereocenters. The molecule has 1 aromatic rings. The van der Waals surface area contributed by atoms with Gasteiger partial charge >= 0.3 is 5.97 Å². The summed E-state index contributed by atoms with van der Waals surface area (Å²) < 4.78 is 5.49. The topological polar surface area (TPSA) is 58.6 Å². The molecule has 5 heteroatoms. The summed E-state index contributed by atoms with van der Waals surface area (Å²) in [5.74, 6) is -0.527. The van der Waals surface area contributed by atoms with Gasteiger partial charge in [0.1, 0.15) is 6.04 Å². The Bertz CT molecular complexity index is 571. The number of nitrogens with one attached hydrogen (secondary N) is 1. The van der Waals surface area contributed by atoms with E-state index in [-0.39, 0.29) is 17.9 Å². The van der Waals surface area contributed by atoms with Crippen molar-refractivity contribution in [3.63, 3.8) is 0 Å². The summed E-state index contributed by atoms with van der Waals surface area (Å²) in [5, 5.41) is 2.81. The van der Waals surface area contributed by atoms with E-state index in [0.717, 1.165) is 30.6 Å². The fourth-order valence-electron chi connectivity index (χ4n) is 3.26. The van der Waals surface area contributed by atoms with Crippen molar-refractivity contribution in [3.8, 4) is 0 Å². The Kier molecular flexibility index (Phi) is 1.74. The second-order valence-electron chi connectivity index (χ2n) is 4.92. The average Bonchev–Trinajstić information content (AvgIpc) is 3.00. The van der Waals surface area contributed by atoms with Crippen LogP contribution < -0.4 is 5.32 Å². The lowest BCUT2D eigenvalue weighted by Gasteiger charge is -2.29. The molecule has 1 aromatic carbocycles. The van der Waals surface area contributed by atoms with E-state index in [1.165, 1.54) is 0 Å². The SMILES string of the molecule is O=C1OC2(C(=O)Nc3ccccc32)N2CCCC12. The van der Waals surface area contributed by atoms with Gasteiger partial charge in [-0.05, 0) is 18.9 Å². The number of fused-ring (bicyclic) bond motifs is 4. The third-order valence-electron chi connectivity index (χ3n) is 4.03. The monoisotopic (exact) mass is 244 g/mol. The molecule has 0 aliphatic carbocycles. The number of para-hydroxylation sites is 1. The average molecular weight is 244 g/mol. The summed E-state index contributed by atoms with van der Waals surface area (Å²) in [6.45, 7) is 0.720. The van der Waals surface area contributed by atoms with Gasteiger partial charge in [0.05, 0.1) is 5.69 Å². The number of hydrogen-bond acceptors (Lipinski definition) is 4. The van der Waals surface area contributed by atoms with E-state index in [1.54, 1.807) is 0 Å². The van der Waals surface area contributed by atoms with Crippen LogP contribution in [0.25, 0.3) is 0 Å². The van der Waals surface area contributed by atoms with Gasteiger partial charge in [0.25, 0.3) is 11.6 Å². The van der Waals surface area contributed by atoms with Crippen molar-refractivity contribution in [1.82, 2.24) is 4.90 Å². The van der Waals surface area contributed by atoms with Crippen molar-refractivity contribution in [2.45, 2.75) is 24.6 Å². The zero-order chi connectivity index (χ0) is 12.3. The van der Waals surface area contributed by atoms with Crippen LogP contribution in [0.2, 0.25) is 0 Å². The molecule has 0 bridgehead atoms. The van der Waals surface area contributed by atoms with E-state index in [2.05, 4.69) is 5.32 Å². The lowest BCUT2D eigenvalue weighted by molar-refractivity contribution is -0.165. The molecule has 2 atom stereocenters. The largest absolute Gasteiger partial charge is 0.428 e. The van der Waals surface area contributed by atoms with E-state index in [0.29, 0.717) is 0 Å². The summed E-state index contributed by atoms with van der Waals surface area (Å²) in [6.07, 6.45) is 1.70. The van der Waals surface area contributed by atoms with Crippen LogP contribution in [-0.2, 0) is 20.1 Å². The van der Waals surface area contributed by atoms with Crippen molar-refractivity contribution < 1.29 is 14.3 Å². The molecule has 3 aliphatic heterocycles. The fourth-order valence-corrected chi connectivity index (χ4v) is 3.26. The Morgan fingerprint density at radius 3 is 3.06 bits per heavy atom. The van der Waals surface area contributed by atoms with E-state index in [4.69, 9.17) is 4.74 Å². The van der Waals surface area contributed by atoms with Gasteiger partial charge in [-0.3, -0.25) is 9.59 Å². The number of carbonyl (C=O) groups is 2. The maximum Gasteiger partial charge on any atom is 0.325 e. The summed E-state index contributed by atoms with van der Waals surface area (Å²) in [6, 6.07) is 7.14. The third-order valence-corrected chi connectivity index (χ3v) is 4.03. The quantitative estimate of drug-likeness (QED) is 0.686. The Morgan fingerprint density at radius 2 is 2.17 bits per heavy atom. The number of nitrogens with zero attached hydrogens (tertiary/aromatic N) is 1. The fraction of sp³-hybridized carbons (Fsp3) is 0.385. The molecule has 0 radical (unpaired) electrons. The molecular weight excluding hydrogens is 232 g/mol. The molecule has 2 fully saturated rings. The van der Waals surface area contributed by atoms with E-state index in [1.807, 2.05) is 29.2 Å². The van der Waals surface area contributed by atoms with Gasteiger partial charge in [-0.15, -0.1) is 0 Å². The van der Waals surface area contributed by atoms with Gasteiger partial charge in [-0.1, -0.05) is 18.2 Å². The molecule has 2 saturated heterocycles. The first-order chi connectivity index (χ1) is 8.73. The van der Waals surface area contributed by atoms with Crippen LogP contribution in [-0.4, -0.2) is 29.4 Å². The summed E-state index contributed by atoms with van der Waals surface area (Å²) in [4.78, 5) is 26.1. The zero-order valence-corrected chi connectivity index (χ0v) is 9.68. The second-order valence-corrected chi connectivity index (χ2v) is 4.92. The standard InChI is InChI=1S/C13H12N2O3/c16-11-10-6-3-7-15(10)13(18-11)8-4-1-2-5-9(8)14-12(13)17/h1-2,4-5,10H,3,6-7H2,(H,14,17). The summed E-state index contributed by atoms with van der Waals surface area (Å²) in [5.41, 5.74) is 0.282. The second kappa shape index (κ2) is 3.11. The zero-order valence-electron chi connectivity index (χ0n) is 9.68. The summed E-state index contributed by atoms with van der Waals surface area (Å²) >= 11 is 0. The first-order valence-electron chi connectivity index (χ1n) is 6.14. The molecule has 5 nitrogen and oxygen atoms in total. The highest BCUT2D eigenvalue weighted by atomic mass is 16.6. The first kappa shape index (κ1) is 10.1. The molecule has 18 heavy (non-hydrogen) atoms. The van der Waals surface area contributed by atoms with Crippen LogP contribution in [0.1, 0.15) is 18.4 Å². The van der Waals surface area contributed by atoms with Crippen LogP contribution in [0.3, 0.4) is 0 Å². The van der Waals surface area contributed by atoms with Crippen molar-refractivity contribution in [3.05, 3.63) is 29.8 Å². The van der Waals surface area contributed by atoms with Crippen LogP contribution in [0, 0.1) is 0 Å². The number of hydrogen-bond donors (Lipinski definition) is 1. The Balaban J connectivity index is 1.93. The lowest BCUT2D eigenvalue weighted by Crippen LogP contribution is -2.48. The van der Waals surface area contributed by atoms with Gasteiger partial charge in [0.2, 0.25) is 0 Å². The van der Waals surface area contributed by atoms with Gasteiger partial charge < -0.3 is 10.1 Å². The Labute approximate surface area is 104 Å². The number of rotatable bonds is 0. The van der Waals surface area contributed by atoms with Gasteiger partial charge in [-0.25, -0.2) is 4.90 Å². The van der Waals surface area contributed by atoms with Crippen LogP contribution >= 0.6 is 0 Å². The first-order valence-corrected chi connectivity index (χ1v) is 6.14. The maximum absolute atomic E-state index is 12.3. The van der Waals surface area contributed by atoms with E-state index < -0.39 is 5.72 Å². The predicted molar refractivity (Wildman–Crippen MR) is 62.6 cm³/mol. The lowest BCUT2D eigenvalue weighted by atomic mass is 10.0. The van der Waals surface area contributed by atoms with E-state index >= 15 is 0 Å². The molecule has 0 saturated carbocycles. The Morgan fingerprint density at radius 1 is 1.33 bits per heavy atom. The van der Waals surface area contributed by atoms with Crippen LogP contribution in [0.4, 0.5) is 5.69 Å². The number of esters is 1. The molecule has 1 N–H and O–H groups in total. The van der Waals surface area contributed by atoms with Crippen LogP contribution in [0.15, 0.2) is 24.3 Å². The van der Waals surface area contributed by atoms with Crippen molar-refractivity contribution in [2.24, 2.45) is 0 Å². The molecule has 0 aromatic heterocycles. The molecule has 4 rings (SSSR count). The minimum atomic E-state index is -1.21. The number of carbonyl (C=O) groups excluding carboxylic acids is 2. The normalized spacial score (nSPS) is 33.4. The predicted octanol–water partition coefficient (Wildman–Crippen LogP) is 0.813. The molecule has 1 amide bonds. The van der Waals surface area contributed by atoms with Gasteiger partial charge in [0.15, 0.2) is 0 Å². The highest BCUT2D eigenvalue weighted by molar-refractivity contribution is 6.07. The van der Waals surface area contributed by atoms with E-state index in [9.17, 15) is 9.59 Å². The summed E-state index contributed by atoms with van der Waals surface area (Å²) in [7, 11) is 0. The molecule has 3 aliphatic rings. The Hall–Kier alpha value is -1.88. The molecule has 92 valence electrons. The minimum Gasteiger partial charge on any atom is -0.428 e. The third kappa shape index (κ3) is 0.968. The molecule has 3 heterocycles. The number of amides is 1. The smallest absolute Gasteiger partial charge is 0.325 e. The highest BCUT2D eigenvalue weighted by Gasteiger charge is 2.64. The van der Waals surface area contributed by atoms with Crippen molar-refractivity contribution in [1.29, 1.82) is 0 Å². The number of ether oxygens (including phenoxy) is 1. The number of benzene rings is 1.